The first-order valence-electron chi connectivity index (χ1n) is 7.50. The molecule has 2 rings (SSSR count). The third-order valence-corrected chi connectivity index (χ3v) is 3.28. The van der Waals surface area contributed by atoms with Crippen molar-refractivity contribution in [1.29, 1.82) is 0 Å². The topological polar surface area (TPSA) is 62.6 Å². The van der Waals surface area contributed by atoms with Crippen LogP contribution in [0.3, 0.4) is 0 Å². The number of hydrogen-bond acceptors (Lipinski definition) is 3. The summed E-state index contributed by atoms with van der Waals surface area (Å²) in [6.07, 6.45) is 4.06. The van der Waals surface area contributed by atoms with E-state index in [1.807, 2.05) is 30.3 Å². The van der Waals surface area contributed by atoms with Crippen molar-refractivity contribution in [3.05, 3.63) is 67.1 Å². The fourth-order valence-electron chi connectivity index (χ4n) is 2.16. The van der Waals surface area contributed by atoms with E-state index < -0.39 is 0 Å². The van der Waals surface area contributed by atoms with Crippen molar-refractivity contribution >= 4 is 17.5 Å². The molecule has 1 N–H and O–H groups in total. The zero-order valence-electron chi connectivity index (χ0n) is 12.9. The molecule has 0 radical (unpaired) electrons. The molecule has 5 nitrogen and oxygen atoms in total. The van der Waals surface area contributed by atoms with Crippen LogP contribution in [-0.2, 0) is 4.79 Å². The number of anilines is 1. The lowest BCUT2D eigenvalue weighted by molar-refractivity contribution is -0.118. The maximum absolute atomic E-state index is 12.4. The Hall–Kier alpha value is -2.82. The fraction of sp³-hybridized carbons (Fsp3) is 0.222. The van der Waals surface area contributed by atoms with Crippen LogP contribution in [0.2, 0.25) is 0 Å². The van der Waals surface area contributed by atoms with Crippen molar-refractivity contribution in [2.75, 3.05) is 18.0 Å². The Labute approximate surface area is 135 Å². The second kappa shape index (κ2) is 8.58. The Kier molecular flexibility index (Phi) is 6.17. The van der Waals surface area contributed by atoms with E-state index in [9.17, 15) is 9.59 Å². The molecular formula is C18H20N2O3. The summed E-state index contributed by atoms with van der Waals surface area (Å²) in [6, 6.07) is 12.7. The zero-order valence-corrected chi connectivity index (χ0v) is 12.9. The standard InChI is InChI=1S/C18H20N2O3/c1-2-13-20(15-8-4-3-5-9-15)17(21)11-6-12-19-18(22)16-10-7-14-23-16/h2-5,7-10,14H,1,6,11-13H2,(H,19,22). The highest BCUT2D eigenvalue weighted by molar-refractivity contribution is 5.94. The second-order valence-corrected chi connectivity index (χ2v) is 4.97. The van der Waals surface area contributed by atoms with Gasteiger partial charge in [0.1, 0.15) is 0 Å². The summed E-state index contributed by atoms with van der Waals surface area (Å²) in [5, 5.41) is 2.73. The van der Waals surface area contributed by atoms with Gasteiger partial charge in [-0.05, 0) is 30.7 Å². The smallest absolute Gasteiger partial charge is 0.286 e. The number of hydrogen-bond donors (Lipinski definition) is 1. The molecule has 0 atom stereocenters. The summed E-state index contributed by atoms with van der Waals surface area (Å²) in [5.74, 6) is 0.00528. The molecule has 0 unspecified atom stereocenters. The molecule has 1 aromatic carbocycles. The Balaban J connectivity index is 1.80. The van der Waals surface area contributed by atoms with Crippen molar-refractivity contribution in [2.45, 2.75) is 12.8 Å². The molecule has 120 valence electrons. The molecule has 0 fully saturated rings. The van der Waals surface area contributed by atoms with Gasteiger partial charge in [-0.15, -0.1) is 6.58 Å². The molecule has 23 heavy (non-hydrogen) atoms. The van der Waals surface area contributed by atoms with Gasteiger partial charge in [-0.1, -0.05) is 24.3 Å². The number of carbonyl (C=O) groups is 2. The first kappa shape index (κ1) is 16.5. The van der Waals surface area contributed by atoms with Crippen LogP contribution in [0.25, 0.3) is 0 Å². The number of carbonyl (C=O) groups excluding carboxylic acids is 2. The van der Waals surface area contributed by atoms with E-state index in [-0.39, 0.29) is 17.6 Å². The predicted octanol–water partition coefficient (Wildman–Crippen LogP) is 3.01. The highest BCUT2D eigenvalue weighted by Crippen LogP contribution is 2.14. The average molecular weight is 312 g/mol. The summed E-state index contributed by atoms with van der Waals surface area (Å²) in [4.78, 5) is 25.7. The van der Waals surface area contributed by atoms with Crippen LogP contribution >= 0.6 is 0 Å². The summed E-state index contributed by atoms with van der Waals surface area (Å²) < 4.78 is 5.00. The van der Waals surface area contributed by atoms with Gasteiger partial charge in [0.25, 0.3) is 5.91 Å². The number of amides is 2. The molecule has 0 aliphatic rings. The Bertz CT molecular complexity index is 636. The lowest BCUT2D eigenvalue weighted by Gasteiger charge is -2.21. The average Bonchev–Trinajstić information content (AvgIpc) is 3.11. The first-order chi connectivity index (χ1) is 11.2. The van der Waals surface area contributed by atoms with Gasteiger partial charge in [0.2, 0.25) is 5.91 Å². The van der Waals surface area contributed by atoms with Gasteiger partial charge in [-0.3, -0.25) is 9.59 Å². The largest absolute Gasteiger partial charge is 0.459 e. The molecule has 2 aromatic rings. The van der Waals surface area contributed by atoms with Gasteiger partial charge in [0.05, 0.1) is 6.26 Å². The number of benzene rings is 1. The quantitative estimate of drug-likeness (QED) is 0.602. The summed E-state index contributed by atoms with van der Waals surface area (Å²) in [5.41, 5.74) is 0.844. The molecule has 0 aliphatic heterocycles. The predicted molar refractivity (Wildman–Crippen MR) is 89.3 cm³/mol. The third kappa shape index (κ3) is 4.85. The van der Waals surface area contributed by atoms with E-state index >= 15 is 0 Å². The minimum atomic E-state index is -0.270. The van der Waals surface area contributed by atoms with Crippen LogP contribution in [0.15, 0.2) is 65.8 Å². The van der Waals surface area contributed by atoms with Crippen LogP contribution in [0.1, 0.15) is 23.4 Å². The number of rotatable bonds is 8. The van der Waals surface area contributed by atoms with Gasteiger partial charge in [-0.25, -0.2) is 0 Å². The maximum atomic E-state index is 12.4. The Morgan fingerprint density at radius 1 is 1.17 bits per heavy atom. The number of furan rings is 1. The molecule has 2 amide bonds. The minimum absolute atomic E-state index is 0.00310. The molecule has 0 aliphatic carbocycles. The maximum Gasteiger partial charge on any atom is 0.286 e. The molecule has 1 heterocycles. The number of nitrogens with zero attached hydrogens (tertiary/aromatic N) is 1. The van der Waals surface area contributed by atoms with E-state index in [1.165, 1.54) is 6.26 Å². The zero-order chi connectivity index (χ0) is 16.5. The van der Waals surface area contributed by atoms with Gasteiger partial charge >= 0.3 is 0 Å². The summed E-state index contributed by atoms with van der Waals surface area (Å²) >= 11 is 0. The van der Waals surface area contributed by atoms with Crippen molar-refractivity contribution < 1.29 is 14.0 Å². The monoisotopic (exact) mass is 312 g/mol. The van der Waals surface area contributed by atoms with E-state index in [4.69, 9.17) is 4.42 Å². The van der Waals surface area contributed by atoms with Crippen molar-refractivity contribution in [3.8, 4) is 0 Å². The van der Waals surface area contributed by atoms with Crippen LogP contribution in [-0.4, -0.2) is 24.9 Å². The molecule has 1 aromatic heterocycles. The lowest BCUT2D eigenvalue weighted by atomic mass is 10.2. The highest BCUT2D eigenvalue weighted by Gasteiger charge is 2.14. The van der Waals surface area contributed by atoms with E-state index in [1.54, 1.807) is 23.1 Å². The number of nitrogens with one attached hydrogen (secondary N) is 1. The van der Waals surface area contributed by atoms with Crippen molar-refractivity contribution in [3.63, 3.8) is 0 Å². The molecule has 0 saturated heterocycles. The van der Waals surface area contributed by atoms with Gasteiger partial charge in [-0.2, -0.15) is 0 Å². The van der Waals surface area contributed by atoms with Crippen LogP contribution in [0, 0.1) is 0 Å². The SMILES string of the molecule is C=CCN(C(=O)CCCNC(=O)c1ccco1)c1ccccc1. The normalized spacial score (nSPS) is 10.1. The fourth-order valence-corrected chi connectivity index (χ4v) is 2.16. The van der Waals surface area contributed by atoms with E-state index in [2.05, 4.69) is 11.9 Å². The molecule has 0 saturated carbocycles. The van der Waals surface area contributed by atoms with E-state index in [0.717, 1.165) is 5.69 Å². The van der Waals surface area contributed by atoms with Crippen LogP contribution in [0.5, 0.6) is 0 Å². The summed E-state index contributed by atoms with van der Waals surface area (Å²) in [7, 11) is 0. The summed E-state index contributed by atoms with van der Waals surface area (Å²) in [6.45, 7) is 4.57. The van der Waals surface area contributed by atoms with Gasteiger partial charge in [0, 0.05) is 25.2 Å². The van der Waals surface area contributed by atoms with Gasteiger partial charge < -0.3 is 14.6 Å². The lowest BCUT2D eigenvalue weighted by Crippen LogP contribution is -2.32. The van der Waals surface area contributed by atoms with E-state index in [0.29, 0.717) is 25.9 Å². The molecule has 0 bridgehead atoms. The van der Waals surface area contributed by atoms with Gasteiger partial charge in [0.15, 0.2) is 5.76 Å². The minimum Gasteiger partial charge on any atom is -0.459 e. The second-order valence-electron chi connectivity index (χ2n) is 4.97. The Morgan fingerprint density at radius 3 is 2.61 bits per heavy atom. The third-order valence-electron chi connectivity index (χ3n) is 3.28. The molecule has 0 spiro atoms. The molecular weight excluding hydrogens is 292 g/mol. The van der Waals surface area contributed by atoms with Crippen molar-refractivity contribution in [2.24, 2.45) is 0 Å². The first-order valence-corrected chi connectivity index (χ1v) is 7.50. The number of para-hydroxylation sites is 1. The highest BCUT2D eigenvalue weighted by atomic mass is 16.3. The van der Waals surface area contributed by atoms with Crippen molar-refractivity contribution in [1.82, 2.24) is 5.32 Å². The molecule has 5 heteroatoms. The van der Waals surface area contributed by atoms with Crippen LogP contribution < -0.4 is 10.2 Å². The Morgan fingerprint density at radius 2 is 1.96 bits per heavy atom. The van der Waals surface area contributed by atoms with Crippen LogP contribution in [0.4, 0.5) is 5.69 Å².